The molecule has 0 aromatic rings. The van der Waals surface area contributed by atoms with Gasteiger partial charge in [0.1, 0.15) is 16.1 Å². The standard InChI is InChI=1S/C36H48Si2/c1-25-26(2)30(6)35(9,29(25)5)21-17-33(19-23-37(11,12)13)34(20-24-38(14,15)16)18-22-36(10)31(7)27(3)28(4)32(36)8/h1-16H3/b34-33+. The second-order valence-corrected chi connectivity index (χ2v) is 23.0. The van der Waals surface area contributed by atoms with E-state index in [0.717, 1.165) is 11.1 Å². The summed E-state index contributed by atoms with van der Waals surface area (Å²) in [6.07, 6.45) is 0. The van der Waals surface area contributed by atoms with Crippen molar-refractivity contribution >= 4 is 16.1 Å². The van der Waals surface area contributed by atoms with Crippen LogP contribution in [0.4, 0.5) is 0 Å². The second-order valence-electron chi connectivity index (χ2n) is 13.5. The number of rotatable bonds is 0. The molecule has 0 radical (unpaired) electrons. The lowest BCUT2D eigenvalue weighted by molar-refractivity contribution is 0.652. The first-order chi connectivity index (χ1) is 17.2. The van der Waals surface area contributed by atoms with Crippen LogP contribution in [0.2, 0.25) is 39.3 Å². The molecule has 0 unspecified atom stereocenters. The van der Waals surface area contributed by atoms with Crippen molar-refractivity contribution < 1.29 is 0 Å². The van der Waals surface area contributed by atoms with E-state index in [4.69, 9.17) is 0 Å². The minimum atomic E-state index is -1.64. The van der Waals surface area contributed by atoms with Crippen LogP contribution in [0, 0.1) is 57.4 Å². The maximum Gasteiger partial charge on any atom is 0.129 e. The highest BCUT2D eigenvalue weighted by Crippen LogP contribution is 2.47. The third-order valence-corrected chi connectivity index (χ3v) is 10.4. The van der Waals surface area contributed by atoms with Gasteiger partial charge in [-0.3, -0.25) is 0 Å². The molecule has 0 spiro atoms. The van der Waals surface area contributed by atoms with Crippen LogP contribution >= 0.6 is 0 Å². The summed E-state index contributed by atoms with van der Waals surface area (Å²) in [7, 11) is -3.28. The molecule has 38 heavy (non-hydrogen) atoms. The smallest absolute Gasteiger partial charge is 0.126 e. The summed E-state index contributed by atoms with van der Waals surface area (Å²) in [5, 5.41) is 0. The van der Waals surface area contributed by atoms with E-state index >= 15 is 0 Å². The zero-order valence-electron chi connectivity index (χ0n) is 27.0. The maximum atomic E-state index is 3.65. The Bertz CT molecular complexity index is 1300. The van der Waals surface area contributed by atoms with Crippen LogP contribution in [0.5, 0.6) is 0 Å². The monoisotopic (exact) mass is 536 g/mol. The zero-order chi connectivity index (χ0) is 29.4. The fraction of sp³-hybridized carbons (Fsp3) is 0.500. The number of allylic oxidation sites excluding steroid dienone is 10. The summed E-state index contributed by atoms with van der Waals surface area (Å²) in [6.45, 7) is 35.7. The molecule has 0 bridgehead atoms. The minimum Gasteiger partial charge on any atom is -0.126 e. The van der Waals surface area contributed by atoms with Crippen LogP contribution in [0.3, 0.4) is 0 Å². The molecule has 2 heteroatoms. The van der Waals surface area contributed by atoms with Crippen LogP contribution < -0.4 is 0 Å². The summed E-state index contributed by atoms with van der Waals surface area (Å²) in [4.78, 5) is 0. The minimum absolute atomic E-state index is 0.296. The van der Waals surface area contributed by atoms with E-state index in [-0.39, 0.29) is 10.8 Å². The Morgan fingerprint density at radius 3 is 0.895 bits per heavy atom. The highest BCUT2D eigenvalue weighted by molar-refractivity contribution is 6.84. The molecule has 2 aliphatic rings. The van der Waals surface area contributed by atoms with Crippen molar-refractivity contribution in [3.63, 3.8) is 0 Å². The van der Waals surface area contributed by atoms with Gasteiger partial charge >= 0.3 is 0 Å². The van der Waals surface area contributed by atoms with Crippen molar-refractivity contribution in [2.24, 2.45) is 10.8 Å². The molecule has 2 aliphatic carbocycles. The van der Waals surface area contributed by atoms with Gasteiger partial charge in [-0.05, 0) is 114 Å². The second kappa shape index (κ2) is 10.9. The lowest BCUT2D eigenvalue weighted by Crippen LogP contribution is -2.17. The van der Waals surface area contributed by atoms with Gasteiger partial charge in [0.25, 0.3) is 0 Å². The van der Waals surface area contributed by atoms with E-state index in [2.05, 4.69) is 155 Å². The molecule has 0 heterocycles. The van der Waals surface area contributed by atoms with Crippen LogP contribution in [0.25, 0.3) is 0 Å². The fourth-order valence-electron chi connectivity index (χ4n) is 4.75. The van der Waals surface area contributed by atoms with E-state index in [9.17, 15) is 0 Å². The molecule has 0 aliphatic heterocycles. The lowest BCUT2D eigenvalue weighted by Gasteiger charge is -2.22. The molecule has 0 atom stereocenters. The van der Waals surface area contributed by atoms with Crippen LogP contribution in [0.15, 0.2) is 55.7 Å². The van der Waals surface area contributed by atoms with Crippen LogP contribution in [-0.2, 0) is 0 Å². The molecule has 0 N–H and O–H groups in total. The Morgan fingerprint density at radius 1 is 0.447 bits per heavy atom. The molecule has 0 saturated carbocycles. The van der Waals surface area contributed by atoms with Crippen molar-refractivity contribution in [1.29, 1.82) is 0 Å². The quantitative estimate of drug-likeness (QED) is 0.214. The maximum absolute atomic E-state index is 3.65. The Kier molecular flexibility index (Phi) is 9.03. The first kappa shape index (κ1) is 31.6. The van der Waals surface area contributed by atoms with E-state index < -0.39 is 16.1 Å². The predicted molar refractivity (Wildman–Crippen MR) is 175 cm³/mol. The van der Waals surface area contributed by atoms with Crippen molar-refractivity contribution in [3.05, 3.63) is 55.7 Å². The van der Waals surface area contributed by atoms with Gasteiger partial charge in [-0.15, -0.1) is 11.1 Å². The highest BCUT2D eigenvalue weighted by Gasteiger charge is 2.35. The summed E-state index contributed by atoms with van der Waals surface area (Å²) < 4.78 is 0. The third-order valence-electron chi connectivity index (χ3n) is 8.62. The number of hydrogen-bond acceptors (Lipinski definition) is 0. The van der Waals surface area contributed by atoms with Crippen molar-refractivity contribution in [1.82, 2.24) is 0 Å². The van der Waals surface area contributed by atoms with Gasteiger partial charge in [-0.25, -0.2) is 0 Å². The van der Waals surface area contributed by atoms with E-state index in [1.54, 1.807) is 0 Å². The van der Waals surface area contributed by atoms with Crippen LogP contribution in [0.1, 0.15) is 69.2 Å². The molecule has 0 saturated heterocycles. The van der Waals surface area contributed by atoms with Gasteiger partial charge in [0.15, 0.2) is 0 Å². The molecule has 0 aromatic carbocycles. The normalized spacial score (nSPS) is 19.2. The van der Waals surface area contributed by atoms with Crippen molar-refractivity contribution in [2.45, 2.75) is 109 Å². The van der Waals surface area contributed by atoms with E-state index in [0.29, 0.717) is 0 Å². The molecule has 0 nitrogen and oxygen atoms in total. The van der Waals surface area contributed by atoms with Gasteiger partial charge in [0, 0.05) is 0 Å². The Morgan fingerprint density at radius 2 is 0.684 bits per heavy atom. The Labute approximate surface area is 237 Å². The van der Waals surface area contributed by atoms with Gasteiger partial charge in [-0.1, -0.05) is 74.8 Å². The first-order valence-corrected chi connectivity index (χ1v) is 20.8. The molecule has 0 aromatic heterocycles. The molecular formula is C36H48Si2. The third kappa shape index (κ3) is 6.50. The van der Waals surface area contributed by atoms with Gasteiger partial charge < -0.3 is 0 Å². The average molecular weight is 537 g/mol. The summed E-state index contributed by atoms with van der Waals surface area (Å²) in [6, 6.07) is 0. The van der Waals surface area contributed by atoms with Crippen molar-refractivity contribution in [3.8, 4) is 46.6 Å². The first-order valence-electron chi connectivity index (χ1n) is 13.8. The number of hydrogen-bond donors (Lipinski definition) is 0. The van der Waals surface area contributed by atoms with E-state index in [1.807, 2.05) is 0 Å². The molecular weight excluding hydrogens is 489 g/mol. The Balaban J connectivity index is 2.94. The highest BCUT2D eigenvalue weighted by atomic mass is 28.3. The lowest BCUT2D eigenvalue weighted by atomic mass is 9.79. The summed E-state index contributed by atoms with van der Waals surface area (Å²) in [5.74, 6) is 21.3. The largest absolute Gasteiger partial charge is 0.129 e. The predicted octanol–water partition coefficient (Wildman–Crippen LogP) is 9.44. The SMILES string of the molecule is CC1=C(C)C(C)(C#C/C(C#C[Si](C)(C)C)=C(/C#CC2(C)C(C)=C(C)C(C)=C2C)C#C[Si](C)(C)C)C(C)=C1C. The summed E-state index contributed by atoms with van der Waals surface area (Å²) in [5.41, 5.74) is 18.8. The topological polar surface area (TPSA) is 0 Å². The fourth-order valence-corrected chi connectivity index (χ4v) is 5.75. The van der Waals surface area contributed by atoms with E-state index in [1.165, 1.54) is 44.6 Å². The van der Waals surface area contributed by atoms with Crippen molar-refractivity contribution in [2.75, 3.05) is 0 Å². The Hall–Kier alpha value is -2.63. The average Bonchev–Trinajstić information content (AvgIpc) is 3.05. The van der Waals surface area contributed by atoms with Gasteiger partial charge in [-0.2, -0.15) is 0 Å². The zero-order valence-corrected chi connectivity index (χ0v) is 29.0. The van der Waals surface area contributed by atoms with Gasteiger partial charge in [0.05, 0.1) is 22.0 Å². The molecule has 2 rings (SSSR count). The van der Waals surface area contributed by atoms with Gasteiger partial charge in [0.2, 0.25) is 0 Å². The molecule has 200 valence electrons. The summed E-state index contributed by atoms with van der Waals surface area (Å²) >= 11 is 0. The van der Waals surface area contributed by atoms with Crippen LogP contribution in [-0.4, -0.2) is 16.1 Å². The molecule has 0 amide bonds. The molecule has 0 fully saturated rings.